The predicted molar refractivity (Wildman–Crippen MR) is 17.4 cm³/mol. The topological polar surface area (TPSA) is 16.4 Å². The maximum Gasteiger partial charge on any atom is 0.304 e. The summed E-state index contributed by atoms with van der Waals surface area (Å²) in [6, 6.07) is 0. The van der Waals surface area contributed by atoms with E-state index in [2.05, 4.69) is 17.0 Å². The van der Waals surface area contributed by atoms with Crippen molar-refractivity contribution in [3.63, 3.8) is 0 Å². The molecule has 0 aromatic heterocycles. The molecule has 0 unspecified atom stereocenters. The third-order valence-corrected chi connectivity index (χ3v) is 0.129. The van der Waals surface area contributed by atoms with Gasteiger partial charge in [-0.3, -0.25) is 0 Å². The van der Waals surface area contributed by atoms with Crippen molar-refractivity contribution in [3.05, 3.63) is 4.95 Å². The summed E-state index contributed by atoms with van der Waals surface area (Å²) in [5.41, 5.74) is 2.33. The SMILES string of the molecule is C#[N+]NC. The molecular formula is C2H5N2+. The van der Waals surface area contributed by atoms with Crippen molar-refractivity contribution in [1.29, 1.82) is 0 Å². The number of hydrogen-bond acceptors (Lipinski definition) is 1. The standard InChI is InChI=1S/C2H5N2/c1-3-4-2/h1,4H,2H3/q+1. The molecular weight excluding hydrogens is 52.0 g/mol. The van der Waals surface area contributed by atoms with Gasteiger partial charge in [0.2, 0.25) is 0 Å². The Labute approximate surface area is 25.2 Å². The summed E-state index contributed by atoms with van der Waals surface area (Å²) in [6.07, 6.45) is 0. The van der Waals surface area contributed by atoms with Gasteiger partial charge >= 0.3 is 6.57 Å². The van der Waals surface area contributed by atoms with Gasteiger partial charge in [-0.15, -0.1) is 0 Å². The van der Waals surface area contributed by atoms with E-state index in [1.807, 2.05) is 0 Å². The minimum absolute atomic E-state index is 1.64. The molecule has 0 saturated carbocycles. The summed E-state index contributed by atoms with van der Waals surface area (Å²) in [6.45, 7) is 4.54. The van der Waals surface area contributed by atoms with E-state index >= 15 is 0 Å². The minimum atomic E-state index is 1.64. The average Bonchev–Trinajstić information content (AvgIpc) is 1.37. The predicted octanol–water partition coefficient (Wildman–Crippen LogP) is 0.0835. The van der Waals surface area contributed by atoms with Crippen LogP contribution in [0.5, 0.6) is 0 Å². The van der Waals surface area contributed by atoms with Crippen molar-refractivity contribution in [2.24, 2.45) is 0 Å². The molecule has 0 spiro atoms. The zero-order valence-electron chi connectivity index (χ0n) is 2.52. The zero-order chi connectivity index (χ0) is 3.41. The second kappa shape index (κ2) is 2.29. The van der Waals surface area contributed by atoms with Crippen LogP contribution in [-0.2, 0) is 0 Å². The van der Waals surface area contributed by atoms with Gasteiger partial charge < -0.3 is 0 Å². The Morgan fingerprint density at radius 2 is 2.25 bits per heavy atom. The lowest BCUT2D eigenvalue weighted by Gasteiger charge is -1.47. The molecule has 0 aromatic carbocycles. The van der Waals surface area contributed by atoms with Gasteiger partial charge in [0.25, 0.3) is 0 Å². The maximum atomic E-state index is 4.54. The van der Waals surface area contributed by atoms with Crippen molar-refractivity contribution in [3.8, 4) is 6.57 Å². The van der Waals surface area contributed by atoms with Crippen LogP contribution in [0.2, 0.25) is 0 Å². The fourth-order valence-corrected chi connectivity index (χ4v) is 0. The van der Waals surface area contributed by atoms with E-state index in [1.165, 1.54) is 0 Å². The number of nitrogens with one attached hydrogen (secondary N) is 1. The Kier molecular flexibility index (Phi) is 1.88. The molecule has 0 radical (unpaired) electrons. The third-order valence-electron chi connectivity index (χ3n) is 0.129. The van der Waals surface area contributed by atoms with E-state index in [0.717, 1.165) is 0 Å². The summed E-state index contributed by atoms with van der Waals surface area (Å²) < 4.78 is 0. The number of hydrogen-bond donors (Lipinski definition) is 1. The molecule has 2 nitrogen and oxygen atoms in total. The molecule has 0 aliphatic rings. The lowest BCUT2D eigenvalue weighted by molar-refractivity contribution is 1.10. The van der Waals surface area contributed by atoms with Gasteiger partial charge in [-0.1, -0.05) is 5.43 Å². The Morgan fingerprint density at radius 1 is 2.00 bits per heavy atom. The van der Waals surface area contributed by atoms with Crippen LogP contribution in [0, 0.1) is 6.57 Å². The van der Waals surface area contributed by atoms with Crippen molar-refractivity contribution in [2.45, 2.75) is 0 Å². The molecule has 2 heteroatoms. The van der Waals surface area contributed by atoms with Crippen LogP contribution < -0.4 is 5.43 Å². The maximum absolute atomic E-state index is 4.54. The van der Waals surface area contributed by atoms with Gasteiger partial charge in [-0.05, 0) is 0 Å². The summed E-state index contributed by atoms with van der Waals surface area (Å²) in [5.74, 6) is 0. The third kappa shape index (κ3) is 1.29. The Bertz CT molecular complexity index is 33.8. The molecule has 0 atom stereocenters. The summed E-state index contributed by atoms with van der Waals surface area (Å²) in [7, 11) is 1.64. The van der Waals surface area contributed by atoms with E-state index in [9.17, 15) is 0 Å². The van der Waals surface area contributed by atoms with Crippen LogP contribution in [0.3, 0.4) is 0 Å². The van der Waals surface area contributed by atoms with Crippen molar-refractivity contribution in [2.75, 3.05) is 7.05 Å². The van der Waals surface area contributed by atoms with Crippen LogP contribution in [0.15, 0.2) is 0 Å². The monoisotopic (exact) mass is 57.0 g/mol. The average molecular weight is 57.1 g/mol. The van der Waals surface area contributed by atoms with Crippen molar-refractivity contribution < 1.29 is 0 Å². The van der Waals surface area contributed by atoms with Gasteiger partial charge in [0, 0.05) is 0 Å². The van der Waals surface area contributed by atoms with E-state index in [0.29, 0.717) is 0 Å². The molecule has 0 heterocycles. The van der Waals surface area contributed by atoms with Gasteiger partial charge in [-0.25, -0.2) is 0 Å². The van der Waals surface area contributed by atoms with Crippen LogP contribution in [0.4, 0.5) is 0 Å². The lowest BCUT2D eigenvalue weighted by Crippen LogP contribution is -1.84. The molecule has 0 amide bonds. The first-order valence-corrected chi connectivity index (χ1v) is 0.982. The molecule has 0 aromatic rings. The second-order valence-corrected chi connectivity index (χ2v) is 0.353. The van der Waals surface area contributed by atoms with Crippen LogP contribution in [0.1, 0.15) is 0 Å². The summed E-state index contributed by atoms with van der Waals surface area (Å²) >= 11 is 0. The molecule has 1 N–H and O–H groups in total. The van der Waals surface area contributed by atoms with E-state index in [-0.39, 0.29) is 0 Å². The number of rotatable bonds is 0. The molecule has 22 valence electrons. The zero-order valence-corrected chi connectivity index (χ0v) is 2.52. The molecule has 0 saturated heterocycles. The lowest BCUT2D eigenvalue weighted by atomic mass is 11.5. The second-order valence-electron chi connectivity index (χ2n) is 0.353. The Hall–Kier alpha value is -0.710. The highest BCUT2D eigenvalue weighted by Gasteiger charge is 1.50. The van der Waals surface area contributed by atoms with Crippen molar-refractivity contribution >= 4 is 0 Å². The van der Waals surface area contributed by atoms with Gasteiger partial charge in [0.1, 0.15) is 0 Å². The highest BCUT2D eigenvalue weighted by atomic mass is 15.2. The van der Waals surface area contributed by atoms with Gasteiger partial charge in [0.15, 0.2) is 0 Å². The molecule has 0 aliphatic heterocycles. The minimum Gasteiger partial charge on any atom is -0.0843 e. The normalized spacial score (nSPS) is 4.00. The summed E-state index contributed by atoms with van der Waals surface area (Å²) in [4.78, 5) is 2.99. The Balaban J connectivity index is 2.43. The van der Waals surface area contributed by atoms with Crippen LogP contribution in [-0.4, -0.2) is 7.05 Å². The molecule has 0 aliphatic carbocycles. The fraction of sp³-hybridized carbons (Fsp3) is 0.500. The highest BCUT2D eigenvalue weighted by Crippen LogP contribution is 1.30. The van der Waals surface area contributed by atoms with E-state index in [1.54, 1.807) is 7.05 Å². The largest absolute Gasteiger partial charge is 0.304 e. The first-order chi connectivity index (χ1) is 1.91. The quantitative estimate of drug-likeness (QED) is 0.389. The first-order valence-electron chi connectivity index (χ1n) is 0.982. The molecule has 0 fully saturated rings. The van der Waals surface area contributed by atoms with Gasteiger partial charge in [-0.2, -0.15) is 0 Å². The smallest absolute Gasteiger partial charge is 0.0843 e. The van der Waals surface area contributed by atoms with Crippen molar-refractivity contribution in [1.82, 2.24) is 5.43 Å². The van der Waals surface area contributed by atoms with Crippen LogP contribution in [0.25, 0.3) is 4.95 Å². The highest BCUT2D eigenvalue weighted by molar-refractivity contribution is 4.49. The van der Waals surface area contributed by atoms with E-state index in [4.69, 9.17) is 0 Å². The fourth-order valence-electron chi connectivity index (χ4n) is 0. The first kappa shape index (κ1) is 3.29. The molecule has 0 bridgehead atoms. The van der Waals surface area contributed by atoms with E-state index < -0.39 is 0 Å². The number of nitrogens with zero attached hydrogens (tertiary/aromatic N) is 1. The molecule has 4 heavy (non-hydrogen) atoms. The Morgan fingerprint density at radius 3 is 2.25 bits per heavy atom. The summed E-state index contributed by atoms with van der Waals surface area (Å²) in [5, 5.41) is 0. The molecule has 0 rings (SSSR count). The van der Waals surface area contributed by atoms with Gasteiger partial charge in [0.05, 0.1) is 12.0 Å². The van der Waals surface area contributed by atoms with Crippen LogP contribution >= 0.6 is 0 Å².